The summed E-state index contributed by atoms with van der Waals surface area (Å²) in [5.41, 5.74) is 8.84. The highest BCUT2D eigenvalue weighted by Gasteiger charge is 2.27. The molecule has 30 heavy (non-hydrogen) atoms. The second-order valence-corrected chi connectivity index (χ2v) is 7.95. The molecule has 0 radical (unpaired) electrons. The van der Waals surface area contributed by atoms with E-state index < -0.39 is 0 Å². The van der Waals surface area contributed by atoms with Crippen LogP contribution in [0.2, 0.25) is 0 Å². The number of carbonyl (C=O) groups excluding carboxylic acids is 2. The Balaban J connectivity index is 1.62. The Bertz CT molecular complexity index is 1100. The number of hydrogen-bond acceptors (Lipinski definition) is 6. The molecule has 1 amide bonds. The summed E-state index contributed by atoms with van der Waals surface area (Å²) in [6.45, 7) is 5.15. The number of anilines is 1. The minimum Gasteiger partial charge on any atom is -0.427 e. The Hall–Kier alpha value is -3.48. The minimum absolute atomic E-state index is 0.0317. The summed E-state index contributed by atoms with van der Waals surface area (Å²) in [7, 11) is 0. The number of benzene rings is 2. The average Bonchev–Trinajstić information content (AvgIpc) is 3.15. The molecule has 0 atom stereocenters. The first-order chi connectivity index (χ1) is 14.4. The molecule has 0 fully saturated rings. The number of nitrogen functional groups attached to an aromatic ring is 1. The molecule has 7 heteroatoms. The Morgan fingerprint density at radius 2 is 1.80 bits per heavy atom. The zero-order chi connectivity index (χ0) is 21.3. The molecule has 0 unspecified atom stereocenters. The highest BCUT2D eigenvalue weighted by atomic mass is 16.5. The molecule has 0 saturated carbocycles. The maximum Gasteiger partial charge on any atom is 0.311 e. The number of hydrogen-bond donors (Lipinski definition) is 1. The van der Waals surface area contributed by atoms with Crippen LogP contribution in [0.5, 0.6) is 5.75 Å². The molecule has 2 heterocycles. The van der Waals surface area contributed by atoms with E-state index in [1.807, 2.05) is 24.3 Å². The van der Waals surface area contributed by atoms with Gasteiger partial charge in [0.05, 0.1) is 5.52 Å². The van der Waals surface area contributed by atoms with Crippen molar-refractivity contribution in [3.8, 4) is 5.75 Å². The molecule has 1 aliphatic rings. The summed E-state index contributed by atoms with van der Waals surface area (Å²) in [4.78, 5) is 35.6. The van der Waals surface area contributed by atoms with Gasteiger partial charge in [0, 0.05) is 24.9 Å². The summed E-state index contributed by atoms with van der Waals surface area (Å²) in [5.74, 6) is 0.280. The topological polar surface area (TPSA) is 98.4 Å². The van der Waals surface area contributed by atoms with Crippen molar-refractivity contribution in [3.63, 3.8) is 0 Å². The van der Waals surface area contributed by atoms with E-state index in [9.17, 15) is 9.59 Å². The number of rotatable bonds is 5. The summed E-state index contributed by atoms with van der Waals surface area (Å²) < 4.78 is 5.46. The van der Waals surface area contributed by atoms with Crippen LogP contribution in [0.15, 0.2) is 42.5 Å². The lowest BCUT2D eigenvalue weighted by Crippen LogP contribution is -2.27. The fourth-order valence-electron chi connectivity index (χ4n) is 3.57. The SMILES string of the molecule is CC(C)CCC(=O)Oc1ccc2nc(N)nc(C(=O)N3Cc4ccccc4C3)c2c1. The van der Waals surface area contributed by atoms with E-state index in [-0.39, 0.29) is 23.5 Å². The van der Waals surface area contributed by atoms with Crippen LogP contribution >= 0.6 is 0 Å². The van der Waals surface area contributed by atoms with Gasteiger partial charge in [-0.1, -0.05) is 38.1 Å². The second kappa shape index (κ2) is 8.10. The van der Waals surface area contributed by atoms with E-state index in [2.05, 4.69) is 23.8 Å². The molecule has 7 nitrogen and oxygen atoms in total. The van der Waals surface area contributed by atoms with E-state index in [1.54, 1.807) is 23.1 Å². The number of esters is 1. The molecule has 2 N–H and O–H groups in total. The van der Waals surface area contributed by atoms with Gasteiger partial charge in [0.15, 0.2) is 0 Å². The number of aromatic nitrogens is 2. The standard InChI is InChI=1S/C23H24N4O3/c1-14(2)7-10-20(28)30-17-8-9-19-18(11-17)21(26-23(24)25-19)22(29)27-12-15-5-3-4-6-16(15)13-27/h3-6,8-9,11,14H,7,10,12-13H2,1-2H3,(H2,24,25,26). The fourth-order valence-corrected chi connectivity index (χ4v) is 3.57. The van der Waals surface area contributed by atoms with E-state index in [0.29, 0.717) is 42.1 Å². The Kier molecular flexibility index (Phi) is 5.35. The number of nitrogens with two attached hydrogens (primary N) is 1. The molecule has 0 spiro atoms. The maximum atomic E-state index is 13.3. The molecule has 154 valence electrons. The van der Waals surface area contributed by atoms with E-state index in [1.165, 1.54) is 0 Å². The molecule has 0 aliphatic carbocycles. The summed E-state index contributed by atoms with van der Waals surface area (Å²) >= 11 is 0. The average molecular weight is 404 g/mol. The van der Waals surface area contributed by atoms with Crippen LogP contribution in [0.4, 0.5) is 5.95 Å². The Morgan fingerprint density at radius 1 is 1.10 bits per heavy atom. The molecule has 0 bridgehead atoms. The predicted molar refractivity (Wildman–Crippen MR) is 114 cm³/mol. The lowest BCUT2D eigenvalue weighted by molar-refractivity contribution is -0.134. The fraction of sp³-hybridized carbons (Fsp3) is 0.304. The van der Waals surface area contributed by atoms with Gasteiger partial charge in [-0.25, -0.2) is 9.97 Å². The van der Waals surface area contributed by atoms with Crippen molar-refractivity contribution in [2.45, 2.75) is 39.8 Å². The quantitative estimate of drug-likeness (QED) is 0.514. The smallest absolute Gasteiger partial charge is 0.311 e. The van der Waals surface area contributed by atoms with E-state index in [4.69, 9.17) is 10.5 Å². The number of carbonyl (C=O) groups is 2. The lowest BCUT2D eigenvalue weighted by Gasteiger charge is -2.16. The highest BCUT2D eigenvalue weighted by Crippen LogP contribution is 2.28. The molecule has 0 saturated heterocycles. The maximum absolute atomic E-state index is 13.3. The largest absolute Gasteiger partial charge is 0.427 e. The molecular weight excluding hydrogens is 380 g/mol. The minimum atomic E-state index is -0.303. The third kappa shape index (κ3) is 4.10. The van der Waals surface area contributed by atoms with Crippen molar-refractivity contribution in [2.75, 3.05) is 5.73 Å². The molecule has 3 aromatic rings. The van der Waals surface area contributed by atoms with Crippen LogP contribution in [0.1, 0.15) is 48.3 Å². The van der Waals surface area contributed by atoms with Gasteiger partial charge in [-0.3, -0.25) is 9.59 Å². The molecule has 4 rings (SSSR count). The molecular formula is C23H24N4O3. The lowest BCUT2D eigenvalue weighted by atomic mass is 10.1. The third-order valence-corrected chi connectivity index (χ3v) is 5.17. The summed E-state index contributed by atoms with van der Waals surface area (Å²) in [6, 6.07) is 12.9. The van der Waals surface area contributed by atoms with E-state index >= 15 is 0 Å². The third-order valence-electron chi connectivity index (χ3n) is 5.17. The normalized spacial score (nSPS) is 13.0. The van der Waals surface area contributed by atoms with Gasteiger partial charge in [-0.15, -0.1) is 0 Å². The van der Waals surface area contributed by atoms with Gasteiger partial charge in [0.2, 0.25) is 5.95 Å². The van der Waals surface area contributed by atoms with Crippen LogP contribution in [-0.4, -0.2) is 26.7 Å². The number of fused-ring (bicyclic) bond motifs is 2. The second-order valence-electron chi connectivity index (χ2n) is 7.95. The van der Waals surface area contributed by atoms with E-state index in [0.717, 1.165) is 17.5 Å². The molecule has 2 aromatic carbocycles. The zero-order valence-corrected chi connectivity index (χ0v) is 17.1. The predicted octanol–water partition coefficient (Wildman–Crippen LogP) is 3.71. The first kappa shape index (κ1) is 19.8. The van der Waals surface area contributed by atoms with Gasteiger partial charge >= 0.3 is 5.97 Å². The zero-order valence-electron chi connectivity index (χ0n) is 17.1. The van der Waals surface area contributed by atoms with Crippen molar-refractivity contribution in [3.05, 3.63) is 59.3 Å². The van der Waals surface area contributed by atoms with Gasteiger partial charge in [-0.2, -0.15) is 0 Å². The number of amides is 1. The first-order valence-electron chi connectivity index (χ1n) is 10.0. The summed E-state index contributed by atoms with van der Waals surface area (Å²) in [6.07, 6.45) is 1.09. The van der Waals surface area contributed by atoms with Gasteiger partial charge < -0.3 is 15.4 Å². The Labute approximate surface area is 174 Å². The van der Waals surface area contributed by atoms with Gasteiger partial charge in [0.25, 0.3) is 5.91 Å². The first-order valence-corrected chi connectivity index (χ1v) is 10.0. The molecule has 1 aliphatic heterocycles. The monoisotopic (exact) mass is 404 g/mol. The number of nitrogens with zero attached hydrogens (tertiary/aromatic N) is 3. The van der Waals surface area contributed by atoms with Crippen molar-refractivity contribution in [1.82, 2.24) is 14.9 Å². The van der Waals surface area contributed by atoms with Crippen LogP contribution in [0.3, 0.4) is 0 Å². The van der Waals surface area contributed by atoms with Crippen LogP contribution in [-0.2, 0) is 17.9 Å². The summed E-state index contributed by atoms with van der Waals surface area (Å²) in [5, 5.41) is 0.513. The number of ether oxygens (including phenoxy) is 1. The van der Waals surface area contributed by atoms with Crippen LogP contribution in [0, 0.1) is 5.92 Å². The molecule has 1 aromatic heterocycles. The Morgan fingerprint density at radius 3 is 2.47 bits per heavy atom. The highest BCUT2D eigenvalue weighted by molar-refractivity contribution is 6.05. The van der Waals surface area contributed by atoms with Crippen molar-refractivity contribution in [1.29, 1.82) is 0 Å². The van der Waals surface area contributed by atoms with Crippen LogP contribution in [0.25, 0.3) is 10.9 Å². The van der Waals surface area contributed by atoms with Crippen LogP contribution < -0.4 is 10.5 Å². The van der Waals surface area contributed by atoms with Crippen molar-refractivity contribution in [2.24, 2.45) is 5.92 Å². The van der Waals surface area contributed by atoms with Gasteiger partial charge in [-0.05, 0) is 41.7 Å². The van der Waals surface area contributed by atoms with Gasteiger partial charge in [0.1, 0.15) is 11.4 Å². The van der Waals surface area contributed by atoms with Crippen molar-refractivity contribution < 1.29 is 14.3 Å². The van der Waals surface area contributed by atoms with Crippen molar-refractivity contribution >= 4 is 28.7 Å².